The molecule has 0 bridgehead atoms. The zero-order chi connectivity index (χ0) is 25.9. The lowest BCUT2D eigenvalue weighted by Gasteiger charge is -2.32. The Morgan fingerprint density at radius 3 is 2.26 bits per heavy atom. The van der Waals surface area contributed by atoms with Gasteiger partial charge in [-0.2, -0.15) is 17.9 Å². The van der Waals surface area contributed by atoms with Crippen LogP contribution in [0.1, 0.15) is 44.9 Å². The lowest BCUT2D eigenvalue weighted by atomic mass is 10.0. The van der Waals surface area contributed by atoms with Gasteiger partial charge in [-0.1, -0.05) is 31.2 Å². The molecule has 10 nitrogen and oxygen atoms in total. The number of carbonyl (C=O) groups excluding carboxylic acids is 4. The maximum absolute atomic E-state index is 13.4. The third-order valence-electron chi connectivity index (χ3n) is 4.59. The lowest BCUT2D eigenvalue weighted by molar-refractivity contribution is -0.144. The van der Waals surface area contributed by atoms with Crippen molar-refractivity contribution in [1.29, 1.82) is 5.26 Å². The summed E-state index contributed by atoms with van der Waals surface area (Å²) in [4.78, 5) is 51.3. The van der Waals surface area contributed by atoms with E-state index in [1.165, 1.54) is 7.11 Å². The number of hydrogen-bond acceptors (Lipinski definition) is 8. The number of ether oxygens (including phenoxy) is 2. The zero-order valence-electron chi connectivity index (χ0n) is 20.1. The Morgan fingerprint density at radius 1 is 1.18 bits per heavy atom. The molecule has 1 rings (SSSR count). The predicted molar refractivity (Wildman–Crippen MR) is 128 cm³/mol. The minimum Gasteiger partial charge on any atom is -0.468 e. The number of methoxy groups -OCH3 is 1. The van der Waals surface area contributed by atoms with E-state index in [2.05, 4.69) is 28.0 Å². The number of alkyl carbamates (subject to hydrolysis) is 1. The van der Waals surface area contributed by atoms with Gasteiger partial charge in [0.25, 0.3) is 0 Å². The van der Waals surface area contributed by atoms with Gasteiger partial charge >= 0.3 is 12.1 Å². The first kappa shape index (κ1) is 28.8. The number of hydrogen-bond donors (Lipinski definition) is 3. The fraction of sp³-hybridized carbons (Fsp3) is 0.522. The number of nitrogens with one attached hydrogen (secondary N) is 2. The average molecular weight is 493 g/mol. The standard InChI is InChI=1S/C23H32N4O6S/c1-6-15-7-9-16(10-8-15)19(20(29)25-13-18(28)32-5)27(12-11-24)21(30)17(14-34)26-22(31)33-23(2,3)4/h7-10,17,19,34H,6,12-14H2,1-5H3,(H,25,29)(H,26,31). The molecular formula is C23H32N4O6S. The number of nitriles is 1. The van der Waals surface area contributed by atoms with Crippen molar-refractivity contribution in [2.75, 3.05) is 26.0 Å². The molecule has 0 spiro atoms. The molecule has 11 heteroatoms. The van der Waals surface area contributed by atoms with Crippen molar-refractivity contribution in [2.45, 2.75) is 51.8 Å². The molecule has 0 saturated heterocycles. The largest absolute Gasteiger partial charge is 0.468 e. The molecule has 0 radical (unpaired) electrons. The Kier molecular flexibility index (Phi) is 11.4. The molecule has 34 heavy (non-hydrogen) atoms. The van der Waals surface area contributed by atoms with Crippen molar-refractivity contribution < 1.29 is 28.7 Å². The van der Waals surface area contributed by atoms with Gasteiger partial charge in [-0.05, 0) is 38.3 Å². The maximum Gasteiger partial charge on any atom is 0.408 e. The highest BCUT2D eigenvalue weighted by Crippen LogP contribution is 2.23. The van der Waals surface area contributed by atoms with E-state index in [4.69, 9.17) is 4.74 Å². The summed E-state index contributed by atoms with van der Waals surface area (Å²) < 4.78 is 9.76. The van der Waals surface area contributed by atoms with Crippen LogP contribution in [0.3, 0.4) is 0 Å². The van der Waals surface area contributed by atoms with E-state index in [9.17, 15) is 24.4 Å². The van der Waals surface area contributed by atoms with Crippen molar-refractivity contribution in [3.8, 4) is 6.07 Å². The Bertz CT molecular complexity index is 908. The molecule has 0 heterocycles. The summed E-state index contributed by atoms with van der Waals surface area (Å²) in [5, 5.41) is 14.3. The number of thiol groups is 1. The Hall–Kier alpha value is -3.26. The van der Waals surface area contributed by atoms with E-state index in [0.29, 0.717) is 5.56 Å². The van der Waals surface area contributed by atoms with E-state index in [-0.39, 0.29) is 5.75 Å². The highest BCUT2D eigenvalue weighted by molar-refractivity contribution is 7.80. The van der Waals surface area contributed by atoms with Crippen LogP contribution in [0.4, 0.5) is 4.79 Å². The summed E-state index contributed by atoms with van der Waals surface area (Å²) in [5.41, 5.74) is 0.645. The van der Waals surface area contributed by atoms with Crippen LogP contribution >= 0.6 is 12.6 Å². The Labute approximate surface area is 205 Å². The van der Waals surface area contributed by atoms with E-state index in [1.54, 1.807) is 45.0 Å². The van der Waals surface area contributed by atoms with E-state index < -0.39 is 54.7 Å². The molecule has 3 amide bonds. The molecule has 0 aliphatic carbocycles. The molecule has 2 atom stereocenters. The molecule has 1 aromatic rings. The van der Waals surface area contributed by atoms with Crippen LogP contribution in [-0.2, 0) is 30.3 Å². The molecule has 0 aliphatic heterocycles. The van der Waals surface area contributed by atoms with E-state index in [1.807, 2.05) is 13.0 Å². The molecule has 1 aromatic carbocycles. The summed E-state index contributed by atoms with van der Waals surface area (Å²) in [6.45, 7) is 6.13. The number of esters is 1. The molecule has 0 aromatic heterocycles. The SMILES string of the molecule is CCc1ccc(C(C(=O)NCC(=O)OC)N(CC#N)C(=O)C(CS)NC(=O)OC(C)(C)C)cc1. The number of carbonyl (C=O) groups is 4. The van der Waals surface area contributed by atoms with Gasteiger partial charge in [0.15, 0.2) is 0 Å². The van der Waals surface area contributed by atoms with Crippen molar-refractivity contribution in [3.63, 3.8) is 0 Å². The smallest absolute Gasteiger partial charge is 0.408 e. The predicted octanol–water partition coefficient (Wildman–Crippen LogP) is 1.75. The average Bonchev–Trinajstić information content (AvgIpc) is 2.79. The topological polar surface area (TPSA) is 138 Å². The van der Waals surface area contributed by atoms with Crippen LogP contribution in [0.5, 0.6) is 0 Å². The third kappa shape index (κ3) is 8.94. The van der Waals surface area contributed by atoms with Crippen LogP contribution in [0.15, 0.2) is 24.3 Å². The first-order chi connectivity index (χ1) is 16.0. The first-order valence-electron chi connectivity index (χ1n) is 10.7. The van der Waals surface area contributed by atoms with Crippen LogP contribution in [0, 0.1) is 11.3 Å². The second kappa shape index (κ2) is 13.4. The molecule has 0 aliphatic rings. The Balaban J connectivity index is 3.33. The highest BCUT2D eigenvalue weighted by atomic mass is 32.1. The quantitative estimate of drug-likeness (QED) is 0.257. The molecule has 0 fully saturated rings. The van der Waals surface area contributed by atoms with Crippen LogP contribution < -0.4 is 10.6 Å². The molecule has 2 N–H and O–H groups in total. The van der Waals surface area contributed by atoms with Gasteiger partial charge < -0.3 is 25.0 Å². The number of nitrogens with zero attached hydrogens (tertiary/aromatic N) is 2. The van der Waals surface area contributed by atoms with E-state index >= 15 is 0 Å². The van der Waals surface area contributed by atoms with Crippen LogP contribution in [-0.4, -0.2) is 66.4 Å². The van der Waals surface area contributed by atoms with Crippen molar-refractivity contribution in [1.82, 2.24) is 15.5 Å². The summed E-state index contributed by atoms with van der Waals surface area (Å²) >= 11 is 4.16. The summed E-state index contributed by atoms with van der Waals surface area (Å²) in [6, 6.07) is 6.44. The molecular weight excluding hydrogens is 460 g/mol. The minimum absolute atomic E-state index is 0.106. The van der Waals surface area contributed by atoms with Gasteiger partial charge in [-0.15, -0.1) is 0 Å². The van der Waals surface area contributed by atoms with Gasteiger partial charge in [-0.3, -0.25) is 14.4 Å². The monoisotopic (exact) mass is 492 g/mol. The molecule has 0 saturated carbocycles. The zero-order valence-corrected chi connectivity index (χ0v) is 21.0. The van der Waals surface area contributed by atoms with Gasteiger partial charge in [-0.25, -0.2) is 4.79 Å². The van der Waals surface area contributed by atoms with Gasteiger partial charge in [0.05, 0.1) is 13.2 Å². The van der Waals surface area contributed by atoms with Gasteiger partial charge in [0.2, 0.25) is 11.8 Å². The van der Waals surface area contributed by atoms with Crippen molar-refractivity contribution in [2.24, 2.45) is 0 Å². The summed E-state index contributed by atoms with van der Waals surface area (Å²) in [6.07, 6.45) is -0.0715. The van der Waals surface area contributed by atoms with Crippen molar-refractivity contribution >= 4 is 36.5 Å². The molecule has 2 unspecified atom stereocenters. The number of rotatable bonds is 10. The number of amides is 3. The summed E-state index contributed by atoms with van der Waals surface area (Å²) in [7, 11) is 1.18. The number of aryl methyl sites for hydroxylation is 1. The fourth-order valence-corrected chi connectivity index (χ4v) is 3.19. The highest BCUT2D eigenvalue weighted by Gasteiger charge is 2.36. The normalized spacial score (nSPS) is 12.5. The van der Waals surface area contributed by atoms with Crippen molar-refractivity contribution in [3.05, 3.63) is 35.4 Å². The van der Waals surface area contributed by atoms with Gasteiger partial charge in [0.1, 0.15) is 30.8 Å². The van der Waals surface area contributed by atoms with Gasteiger partial charge in [0, 0.05) is 5.75 Å². The third-order valence-corrected chi connectivity index (χ3v) is 4.96. The molecule has 186 valence electrons. The second-order valence-corrected chi connectivity index (χ2v) is 8.66. The van der Waals surface area contributed by atoms with Crippen LogP contribution in [0.25, 0.3) is 0 Å². The van der Waals surface area contributed by atoms with E-state index in [0.717, 1.165) is 16.9 Å². The summed E-state index contributed by atoms with van der Waals surface area (Å²) in [5.74, 6) is -2.18. The first-order valence-corrected chi connectivity index (χ1v) is 11.3. The second-order valence-electron chi connectivity index (χ2n) is 8.30. The lowest BCUT2D eigenvalue weighted by Crippen LogP contribution is -2.54. The Morgan fingerprint density at radius 2 is 1.79 bits per heavy atom. The van der Waals surface area contributed by atoms with Crippen LogP contribution in [0.2, 0.25) is 0 Å². The number of benzene rings is 1. The maximum atomic E-state index is 13.4. The minimum atomic E-state index is -1.24. The fourth-order valence-electron chi connectivity index (χ4n) is 2.94.